The largest absolute Gasteiger partial charge is 0.321 e. The van der Waals surface area contributed by atoms with Crippen molar-refractivity contribution < 1.29 is 0 Å². The summed E-state index contributed by atoms with van der Waals surface area (Å²) < 4.78 is 0. The van der Waals surface area contributed by atoms with E-state index in [2.05, 4.69) is 29.6 Å². The van der Waals surface area contributed by atoms with Crippen molar-refractivity contribution in [2.24, 2.45) is 16.8 Å². The molecule has 0 aromatic heterocycles. The van der Waals surface area contributed by atoms with Crippen LogP contribution in [0.25, 0.3) is 0 Å². The molecule has 16 heavy (non-hydrogen) atoms. The van der Waals surface area contributed by atoms with Gasteiger partial charge in [-0.3, -0.25) is 0 Å². The number of hydrazine groups is 1. The van der Waals surface area contributed by atoms with Crippen LogP contribution in [-0.2, 0) is 6.42 Å². The van der Waals surface area contributed by atoms with E-state index in [9.17, 15) is 0 Å². The highest BCUT2D eigenvalue weighted by Crippen LogP contribution is 2.06. The third-order valence-corrected chi connectivity index (χ3v) is 2.03. The molecule has 0 unspecified atom stereocenters. The first-order valence-corrected chi connectivity index (χ1v) is 5.65. The number of amidine groups is 1. The maximum absolute atomic E-state index is 5.25. The van der Waals surface area contributed by atoms with Crippen molar-refractivity contribution in [3.05, 3.63) is 35.4 Å². The van der Waals surface area contributed by atoms with Crippen LogP contribution in [0.1, 0.15) is 38.3 Å². The second kappa shape index (κ2) is 8.73. The lowest BCUT2D eigenvalue weighted by molar-refractivity contribution is 0.921. The molecule has 5 N–H and O–H groups in total. The van der Waals surface area contributed by atoms with Gasteiger partial charge in [0.1, 0.15) is 0 Å². The molecule has 0 aliphatic carbocycles. The first-order valence-electron chi connectivity index (χ1n) is 5.65. The van der Waals surface area contributed by atoms with Gasteiger partial charge in [0.2, 0.25) is 0 Å². The molecule has 0 heterocycles. The highest BCUT2D eigenvalue weighted by atomic mass is 15.3. The molecule has 0 bridgehead atoms. The summed E-state index contributed by atoms with van der Waals surface area (Å²) in [6.45, 7) is 6.15. The van der Waals surface area contributed by atoms with E-state index in [0.717, 1.165) is 18.4 Å². The van der Waals surface area contributed by atoms with Crippen LogP contribution in [0, 0.1) is 0 Å². The van der Waals surface area contributed by atoms with Crippen LogP contribution in [0.3, 0.4) is 0 Å². The van der Waals surface area contributed by atoms with E-state index in [0.29, 0.717) is 5.84 Å². The van der Waals surface area contributed by atoms with Gasteiger partial charge in [-0.1, -0.05) is 51.5 Å². The van der Waals surface area contributed by atoms with Crippen molar-refractivity contribution in [1.29, 1.82) is 0 Å². The standard InChI is InChI=1S/C10H16N4.C2H6/c1-2-3-8-4-6-9(7-5-8)10(13-11)14-12;1-2/h4-7H,2-3,11-12H2,1H3,(H,13,14);1-2H3. The summed E-state index contributed by atoms with van der Waals surface area (Å²) in [5.41, 5.74) is 4.65. The fourth-order valence-electron chi connectivity index (χ4n) is 1.31. The molecule has 1 aromatic carbocycles. The summed E-state index contributed by atoms with van der Waals surface area (Å²) in [5, 5.41) is 3.53. The van der Waals surface area contributed by atoms with Gasteiger partial charge >= 0.3 is 0 Å². The zero-order valence-corrected chi connectivity index (χ0v) is 10.3. The number of nitrogens with two attached hydrogens (primary N) is 2. The van der Waals surface area contributed by atoms with Gasteiger partial charge in [-0.2, -0.15) is 5.10 Å². The molecule has 0 atom stereocenters. The number of benzene rings is 1. The lowest BCUT2D eigenvalue weighted by atomic mass is 10.1. The maximum Gasteiger partial charge on any atom is 0.166 e. The summed E-state index contributed by atoms with van der Waals surface area (Å²) in [4.78, 5) is 0. The Morgan fingerprint density at radius 1 is 1.25 bits per heavy atom. The Balaban J connectivity index is 0.00000106. The van der Waals surface area contributed by atoms with Gasteiger partial charge in [0.25, 0.3) is 0 Å². The fraction of sp³-hybridized carbons (Fsp3) is 0.417. The van der Waals surface area contributed by atoms with Crippen molar-refractivity contribution in [2.75, 3.05) is 0 Å². The van der Waals surface area contributed by atoms with Crippen molar-refractivity contribution in [1.82, 2.24) is 5.43 Å². The highest BCUT2D eigenvalue weighted by Gasteiger charge is 2.00. The molecule has 0 aliphatic rings. The first kappa shape index (κ1) is 14.5. The molecule has 0 saturated heterocycles. The third-order valence-electron chi connectivity index (χ3n) is 2.03. The van der Waals surface area contributed by atoms with Crippen LogP contribution in [-0.4, -0.2) is 5.84 Å². The molecule has 0 saturated carbocycles. The van der Waals surface area contributed by atoms with Gasteiger partial charge in [0.05, 0.1) is 0 Å². The molecular formula is C12H22N4. The Morgan fingerprint density at radius 2 is 1.81 bits per heavy atom. The number of nitrogens with one attached hydrogen (secondary N) is 1. The average molecular weight is 222 g/mol. The quantitative estimate of drug-likeness (QED) is 0.315. The monoisotopic (exact) mass is 222 g/mol. The molecule has 4 heteroatoms. The minimum Gasteiger partial charge on any atom is -0.321 e. The number of hydrazone groups is 1. The minimum atomic E-state index is 0.494. The number of rotatable bonds is 3. The predicted molar refractivity (Wildman–Crippen MR) is 69.8 cm³/mol. The molecule has 0 amide bonds. The average Bonchev–Trinajstić information content (AvgIpc) is 2.36. The smallest absolute Gasteiger partial charge is 0.166 e. The fourth-order valence-corrected chi connectivity index (χ4v) is 1.31. The molecule has 0 spiro atoms. The molecule has 90 valence electrons. The van der Waals surface area contributed by atoms with Crippen LogP contribution in [0.15, 0.2) is 29.4 Å². The van der Waals surface area contributed by atoms with Crippen LogP contribution < -0.4 is 17.1 Å². The van der Waals surface area contributed by atoms with Crippen LogP contribution in [0.4, 0.5) is 0 Å². The summed E-state index contributed by atoms with van der Waals surface area (Å²) >= 11 is 0. The normalized spacial score (nSPS) is 10.4. The molecule has 1 rings (SSSR count). The molecular weight excluding hydrogens is 200 g/mol. The maximum atomic E-state index is 5.25. The zero-order chi connectivity index (χ0) is 12.4. The highest BCUT2D eigenvalue weighted by molar-refractivity contribution is 5.98. The van der Waals surface area contributed by atoms with Gasteiger partial charge in [-0.05, 0) is 12.0 Å². The molecule has 0 aliphatic heterocycles. The Kier molecular flexibility index (Phi) is 7.89. The number of nitrogens with zero attached hydrogens (tertiary/aromatic N) is 1. The van der Waals surface area contributed by atoms with Crippen LogP contribution >= 0.6 is 0 Å². The SMILES string of the molecule is CC.CCCc1ccc(/C(=N/N)NN)cc1. The molecule has 4 nitrogen and oxygen atoms in total. The van der Waals surface area contributed by atoms with Gasteiger partial charge in [0.15, 0.2) is 5.84 Å². The van der Waals surface area contributed by atoms with Crippen molar-refractivity contribution in [2.45, 2.75) is 33.6 Å². The predicted octanol–water partition coefficient (Wildman–Crippen LogP) is 1.75. The van der Waals surface area contributed by atoms with E-state index in [1.54, 1.807) is 0 Å². The van der Waals surface area contributed by atoms with Gasteiger partial charge in [0, 0.05) is 5.56 Å². The Hall–Kier alpha value is -1.55. The molecule has 1 aromatic rings. The van der Waals surface area contributed by atoms with Gasteiger partial charge < -0.3 is 11.3 Å². The van der Waals surface area contributed by atoms with E-state index in [-0.39, 0.29) is 0 Å². The van der Waals surface area contributed by atoms with E-state index in [1.165, 1.54) is 5.56 Å². The lowest BCUT2D eigenvalue weighted by Crippen LogP contribution is -2.31. The summed E-state index contributed by atoms with van der Waals surface area (Å²) in [6.07, 6.45) is 2.23. The van der Waals surface area contributed by atoms with E-state index in [1.807, 2.05) is 26.0 Å². The van der Waals surface area contributed by atoms with Crippen molar-refractivity contribution >= 4 is 5.84 Å². The zero-order valence-electron chi connectivity index (χ0n) is 10.3. The number of aryl methyl sites for hydroxylation is 1. The second-order valence-electron chi connectivity index (χ2n) is 3.07. The van der Waals surface area contributed by atoms with Gasteiger partial charge in [-0.15, -0.1) is 0 Å². The van der Waals surface area contributed by atoms with Crippen LogP contribution in [0.5, 0.6) is 0 Å². The number of hydrogen-bond donors (Lipinski definition) is 3. The van der Waals surface area contributed by atoms with Crippen LogP contribution in [0.2, 0.25) is 0 Å². The van der Waals surface area contributed by atoms with Gasteiger partial charge in [-0.25, -0.2) is 5.84 Å². The van der Waals surface area contributed by atoms with E-state index >= 15 is 0 Å². The summed E-state index contributed by atoms with van der Waals surface area (Å²) in [7, 11) is 0. The Bertz CT molecular complexity index is 303. The lowest BCUT2D eigenvalue weighted by Gasteiger charge is -2.04. The minimum absolute atomic E-state index is 0.494. The van der Waals surface area contributed by atoms with E-state index < -0.39 is 0 Å². The second-order valence-corrected chi connectivity index (χ2v) is 3.07. The first-order chi connectivity index (χ1) is 7.81. The molecule has 0 fully saturated rings. The summed E-state index contributed by atoms with van der Waals surface area (Å²) in [6, 6.07) is 8.02. The number of hydrogen-bond acceptors (Lipinski definition) is 3. The Morgan fingerprint density at radius 3 is 2.19 bits per heavy atom. The topological polar surface area (TPSA) is 76.4 Å². The van der Waals surface area contributed by atoms with Crippen molar-refractivity contribution in [3.8, 4) is 0 Å². The third kappa shape index (κ3) is 4.31. The molecule has 0 radical (unpaired) electrons. The Labute approximate surface area is 97.7 Å². The van der Waals surface area contributed by atoms with Crippen molar-refractivity contribution in [3.63, 3.8) is 0 Å². The van der Waals surface area contributed by atoms with E-state index in [4.69, 9.17) is 11.7 Å². The summed E-state index contributed by atoms with van der Waals surface area (Å²) in [5.74, 6) is 10.9.